The second-order valence-corrected chi connectivity index (χ2v) is 4.56. The molecule has 0 unspecified atom stereocenters. The second-order valence-electron chi connectivity index (χ2n) is 4.15. The van der Waals surface area contributed by atoms with Crippen LogP contribution in [0.4, 0.5) is 10.1 Å². The van der Waals surface area contributed by atoms with E-state index in [1.807, 2.05) is 24.3 Å². The number of hydrogen-bond acceptors (Lipinski definition) is 2. The molecule has 0 spiro atoms. The van der Waals surface area contributed by atoms with E-state index in [-0.39, 0.29) is 5.82 Å². The molecule has 100 valence electrons. The van der Waals surface area contributed by atoms with Crippen molar-refractivity contribution in [3.8, 4) is 0 Å². The third-order valence-electron chi connectivity index (χ3n) is 2.80. The zero-order chi connectivity index (χ0) is 13.9. The van der Waals surface area contributed by atoms with Crippen LogP contribution in [0.5, 0.6) is 0 Å². The van der Waals surface area contributed by atoms with Crippen molar-refractivity contribution >= 4 is 34.1 Å². The lowest BCUT2D eigenvalue weighted by molar-refractivity contribution is 0.632. The lowest BCUT2D eigenvalue weighted by Crippen LogP contribution is -2.27. The summed E-state index contributed by atoms with van der Waals surface area (Å²) in [7, 11) is 0. The van der Waals surface area contributed by atoms with Crippen LogP contribution in [0, 0.1) is 5.82 Å². The van der Waals surface area contributed by atoms with E-state index in [9.17, 15) is 4.39 Å². The number of thiocarbonyl (C=S) groups is 1. The molecule has 0 saturated heterocycles. The van der Waals surface area contributed by atoms with E-state index in [0.717, 1.165) is 11.0 Å². The van der Waals surface area contributed by atoms with Gasteiger partial charge in [0.25, 0.3) is 0 Å². The number of imidazole rings is 1. The fourth-order valence-corrected chi connectivity index (χ4v) is 2.08. The van der Waals surface area contributed by atoms with E-state index in [2.05, 4.69) is 15.7 Å². The number of hydrogen-bond donors (Lipinski definition) is 2. The molecule has 4 nitrogen and oxygen atoms in total. The minimum Gasteiger partial charge on any atom is -0.329 e. The van der Waals surface area contributed by atoms with Crippen LogP contribution in [0.15, 0.2) is 54.9 Å². The summed E-state index contributed by atoms with van der Waals surface area (Å²) in [6.07, 6.45) is 1.62. The number of aromatic nitrogens is 2. The Kier molecular flexibility index (Phi) is 3.30. The summed E-state index contributed by atoms with van der Waals surface area (Å²) in [5, 5.41) is 3.10. The Morgan fingerprint density at radius 1 is 1.10 bits per heavy atom. The van der Waals surface area contributed by atoms with E-state index in [4.69, 9.17) is 12.2 Å². The topological polar surface area (TPSA) is 41.9 Å². The molecule has 0 atom stereocenters. The maximum absolute atomic E-state index is 13.5. The molecule has 3 aromatic rings. The van der Waals surface area contributed by atoms with Gasteiger partial charge in [-0.3, -0.25) is 5.43 Å². The van der Waals surface area contributed by atoms with Crippen LogP contribution >= 0.6 is 12.2 Å². The van der Waals surface area contributed by atoms with Crippen molar-refractivity contribution in [1.29, 1.82) is 0 Å². The first kappa shape index (κ1) is 12.6. The molecule has 6 heteroatoms. The molecular formula is C14H11FN4S. The Balaban J connectivity index is 1.78. The van der Waals surface area contributed by atoms with Crippen LogP contribution in [-0.2, 0) is 0 Å². The highest BCUT2D eigenvalue weighted by Crippen LogP contribution is 2.13. The molecule has 0 aliphatic rings. The van der Waals surface area contributed by atoms with E-state index < -0.39 is 0 Å². The standard InChI is InChI=1S/C14H11FN4S/c15-10-5-1-2-6-11(10)17-14(20)18-19-9-16-12-7-3-4-8-13(12)19/h1-9H,(H2,17,18,20). The Labute approximate surface area is 120 Å². The average Bonchev–Trinajstić information content (AvgIpc) is 2.85. The minimum atomic E-state index is -0.355. The summed E-state index contributed by atoms with van der Waals surface area (Å²) in [6.45, 7) is 0. The quantitative estimate of drug-likeness (QED) is 0.710. The fourth-order valence-electron chi connectivity index (χ4n) is 1.87. The first-order valence-electron chi connectivity index (χ1n) is 5.99. The van der Waals surface area contributed by atoms with Crippen molar-refractivity contribution in [3.05, 3.63) is 60.7 Å². The van der Waals surface area contributed by atoms with E-state index in [1.165, 1.54) is 6.07 Å². The first-order valence-corrected chi connectivity index (χ1v) is 6.39. The molecule has 0 aliphatic carbocycles. The summed E-state index contributed by atoms with van der Waals surface area (Å²) >= 11 is 5.17. The van der Waals surface area contributed by atoms with Gasteiger partial charge in [0.05, 0.1) is 16.7 Å². The molecule has 0 radical (unpaired) electrons. The predicted octanol–water partition coefficient (Wildman–Crippen LogP) is 3.12. The highest BCUT2D eigenvalue weighted by atomic mass is 32.1. The van der Waals surface area contributed by atoms with Crippen molar-refractivity contribution in [1.82, 2.24) is 9.66 Å². The Morgan fingerprint density at radius 3 is 2.70 bits per heavy atom. The predicted molar refractivity (Wildman–Crippen MR) is 81.7 cm³/mol. The third kappa shape index (κ3) is 2.46. The zero-order valence-electron chi connectivity index (χ0n) is 10.4. The molecule has 20 heavy (non-hydrogen) atoms. The van der Waals surface area contributed by atoms with Crippen molar-refractivity contribution in [2.24, 2.45) is 0 Å². The van der Waals surface area contributed by atoms with Crippen LogP contribution in [0.2, 0.25) is 0 Å². The molecule has 0 amide bonds. The van der Waals surface area contributed by atoms with Crippen molar-refractivity contribution in [2.75, 3.05) is 10.7 Å². The highest BCUT2D eigenvalue weighted by molar-refractivity contribution is 7.80. The highest BCUT2D eigenvalue weighted by Gasteiger charge is 2.05. The number of benzene rings is 2. The Bertz CT molecular complexity index is 768. The van der Waals surface area contributed by atoms with Gasteiger partial charge in [-0.05, 0) is 36.5 Å². The van der Waals surface area contributed by atoms with E-state index in [1.54, 1.807) is 29.2 Å². The van der Waals surface area contributed by atoms with Gasteiger partial charge in [-0.2, -0.15) is 0 Å². The zero-order valence-corrected chi connectivity index (χ0v) is 11.2. The van der Waals surface area contributed by atoms with Crippen LogP contribution in [0.3, 0.4) is 0 Å². The van der Waals surface area contributed by atoms with Gasteiger partial charge < -0.3 is 5.32 Å². The smallest absolute Gasteiger partial charge is 0.190 e. The molecule has 1 aromatic heterocycles. The molecular weight excluding hydrogens is 275 g/mol. The Hall–Kier alpha value is -2.47. The number of nitrogens with one attached hydrogen (secondary N) is 2. The third-order valence-corrected chi connectivity index (χ3v) is 2.99. The summed E-state index contributed by atoms with van der Waals surface area (Å²) in [6, 6.07) is 14.0. The lowest BCUT2D eigenvalue weighted by Gasteiger charge is -2.12. The fraction of sp³-hybridized carbons (Fsp3) is 0. The largest absolute Gasteiger partial charge is 0.329 e. The van der Waals surface area contributed by atoms with Crippen LogP contribution < -0.4 is 10.7 Å². The van der Waals surface area contributed by atoms with E-state index in [0.29, 0.717) is 10.8 Å². The van der Waals surface area contributed by atoms with Crippen molar-refractivity contribution in [2.45, 2.75) is 0 Å². The van der Waals surface area contributed by atoms with Crippen LogP contribution in [0.1, 0.15) is 0 Å². The molecule has 2 N–H and O–H groups in total. The molecule has 3 rings (SSSR count). The van der Waals surface area contributed by atoms with Gasteiger partial charge in [-0.25, -0.2) is 14.1 Å². The first-order chi connectivity index (χ1) is 9.74. The maximum Gasteiger partial charge on any atom is 0.190 e. The maximum atomic E-state index is 13.5. The van der Waals surface area contributed by atoms with Crippen LogP contribution in [0.25, 0.3) is 11.0 Å². The molecule has 1 heterocycles. The SMILES string of the molecule is Fc1ccccc1NC(=S)Nn1cnc2ccccc21. The molecule has 0 saturated carbocycles. The van der Waals surface area contributed by atoms with Gasteiger partial charge in [-0.1, -0.05) is 24.3 Å². The molecule has 0 bridgehead atoms. The van der Waals surface area contributed by atoms with Gasteiger partial charge in [0.2, 0.25) is 0 Å². The summed E-state index contributed by atoms with van der Waals surface area (Å²) < 4.78 is 15.2. The van der Waals surface area contributed by atoms with Crippen molar-refractivity contribution in [3.63, 3.8) is 0 Å². The van der Waals surface area contributed by atoms with Crippen LogP contribution in [-0.4, -0.2) is 14.8 Å². The van der Waals surface area contributed by atoms with Crippen molar-refractivity contribution < 1.29 is 4.39 Å². The monoisotopic (exact) mass is 286 g/mol. The van der Waals surface area contributed by atoms with Gasteiger partial charge in [0.1, 0.15) is 12.1 Å². The molecule has 0 fully saturated rings. The summed E-state index contributed by atoms with van der Waals surface area (Å²) in [5.74, 6) is -0.355. The Morgan fingerprint density at radius 2 is 1.85 bits per heavy atom. The summed E-state index contributed by atoms with van der Waals surface area (Å²) in [4.78, 5) is 4.24. The minimum absolute atomic E-state index is 0.290. The second kappa shape index (κ2) is 5.26. The number of anilines is 1. The number of rotatable bonds is 2. The lowest BCUT2D eigenvalue weighted by atomic mass is 10.3. The number of fused-ring (bicyclic) bond motifs is 1. The van der Waals surface area contributed by atoms with Gasteiger partial charge in [-0.15, -0.1) is 0 Å². The average molecular weight is 286 g/mol. The van der Waals surface area contributed by atoms with Gasteiger partial charge >= 0.3 is 0 Å². The van der Waals surface area contributed by atoms with E-state index >= 15 is 0 Å². The number of para-hydroxylation sites is 3. The summed E-state index contributed by atoms with van der Waals surface area (Å²) in [5.41, 5.74) is 5.03. The van der Waals surface area contributed by atoms with Gasteiger partial charge in [0, 0.05) is 0 Å². The number of nitrogens with zero attached hydrogens (tertiary/aromatic N) is 2. The molecule has 0 aliphatic heterocycles. The molecule has 2 aromatic carbocycles. The van der Waals surface area contributed by atoms with Gasteiger partial charge in [0.15, 0.2) is 5.11 Å². The normalized spacial score (nSPS) is 10.4. The number of halogens is 1.